The van der Waals surface area contributed by atoms with Crippen molar-refractivity contribution in [1.29, 1.82) is 0 Å². The number of fused-ring (bicyclic) bond motifs is 1. The average molecular weight is 325 g/mol. The van der Waals surface area contributed by atoms with E-state index >= 15 is 0 Å². The van der Waals surface area contributed by atoms with E-state index in [4.69, 9.17) is 4.98 Å². The van der Waals surface area contributed by atoms with Crippen LogP contribution in [0.4, 0.5) is 0 Å². The first kappa shape index (κ1) is 11.8. The molecule has 0 aliphatic carbocycles. The van der Waals surface area contributed by atoms with Crippen LogP contribution in [0, 0.1) is 10.5 Å². The van der Waals surface area contributed by atoms with Gasteiger partial charge in [0, 0.05) is 20.1 Å². The SMILES string of the molecule is Cc1cc(C(C)(C)C)nc2cc(I)ccc12. The Morgan fingerprint density at radius 2 is 1.81 bits per heavy atom. The third kappa shape index (κ3) is 2.21. The molecule has 0 saturated heterocycles. The van der Waals surface area contributed by atoms with Gasteiger partial charge in [0.05, 0.1) is 5.52 Å². The number of aromatic nitrogens is 1. The maximum atomic E-state index is 4.76. The van der Waals surface area contributed by atoms with Gasteiger partial charge in [-0.1, -0.05) is 26.8 Å². The van der Waals surface area contributed by atoms with E-state index in [1.54, 1.807) is 0 Å². The van der Waals surface area contributed by atoms with Crippen LogP contribution in [0.15, 0.2) is 24.3 Å². The van der Waals surface area contributed by atoms with Crippen LogP contribution < -0.4 is 0 Å². The zero-order valence-electron chi connectivity index (χ0n) is 10.1. The van der Waals surface area contributed by atoms with Gasteiger partial charge in [-0.05, 0) is 53.3 Å². The van der Waals surface area contributed by atoms with Crippen LogP contribution in [0.25, 0.3) is 10.9 Å². The molecule has 0 bridgehead atoms. The van der Waals surface area contributed by atoms with Crippen molar-refractivity contribution in [2.75, 3.05) is 0 Å². The summed E-state index contributed by atoms with van der Waals surface area (Å²) in [4.78, 5) is 4.76. The van der Waals surface area contributed by atoms with Gasteiger partial charge in [-0.2, -0.15) is 0 Å². The molecule has 2 rings (SSSR count). The van der Waals surface area contributed by atoms with Crippen LogP contribution in [0.3, 0.4) is 0 Å². The molecular formula is C14H16IN. The third-order valence-electron chi connectivity index (χ3n) is 2.75. The summed E-state index contributed by atoms with van der Waals surface area (Å²) in [5.41, 5.74) is 3.70. The molecular weight excluding hydrogens is 309 g/mol. The number of nitrogens with zero attached hydrogens (tertiary/aromatic N) is 1. The number of hydrogen-bond acceptors (Lipinski definition) is 1. The minimum Gasteiger partial charge on any atom is -0.252 e. The quantitative estimate of drug-likeness (QED) is 0.652. The Labute approximate surface area is 110 Å². The molecule has 0 N–H and O–H groups in total. The van der Waals surface area contributed by atoms with E-state index in [0.29, 0.717) is 0 Å². The lowest BCUT2D eigenvalue weighted by Crippen LogP contribution is -2.13. The zero-order chi connectivity index (χ0) is 11.9. The van der Waals surface area contributed by atoms with E-state index in [9.17, 15) is 0 Å². The molecule has 84 valence electrons. The first-order valence-corrected chi connectivity index (χ1v) is 6.53. The Kier molecular flexibility index (Phi) is 2.95. The van der Waals surface area contributed by atoms with Gasteiger partial charge in [-0.3, -0.25) is 4.98 Å². The second-order valence-corrected chi connectivity index (χ2v) is 6.48. The van der Waals surface area contributed by atoms with Crippen LogP contribution in [0.2, 0.25) is 0 Å². The van der Waals surface area contributed by atoms with Gasteiger partial charge in [0.25, 0.3) is 0 Å². The Hall–Kier alpha value is -0.640. The van der Waals surface area contributed by atoms with Crippen molar-refractivity contribution in [2.24, 2.45) is 0 Å². The molecule has 0 saturated carbocycles. The molecule has 0 fully saturated rings. The van der Waals surface area contributed by atoms with E-state index in [-0.39, 0.29) is 5.41 Å². The van der Waals surface area contributed by atoms with Crippen molar-refractivity contribution in [1.82, 2.24) is 4.98 Å². The van der Waals surface area contributed by atoms with Gasteiger partial charge in [-0.25, -0.2) is 0 Å². The Bertz CT molecular complexity index is 538. The summed E-state index contributed by atoms with van der Waals surface area (Å²) in [6.45, 7) is 8.77. The van der Waals surface area contributed by atoms with Crippen LogP contribution in [-0.2, 0) is 5.41 Å². The van der Waals surface area contributed by atoms with Gasteiger partial charge < -0.3 is 0 Å². The minimum absolute atomic E-state index is 0.111. The third-order valence-corrected chi connectivity index (χ3v) is 3.42. The highest BCUT2D eigenvalue weighted by molar-refractivity contribution is 14.1. The van der Waals surface area contributed by atoms with Crippen molar-refractivity contribution < 1.29 is 0 Å². The van der Waals surface area contributed by atoms with Gasteiger partial charge >= 0.3 is 0 Å². The number of pyridine rings is 1. The second kappa shape index (κ2) is 3.99. The van der Waals surface area contributed by atoms with Gasteiger partial charge in [0.1, 0.15) is 0 Å². The molecule has 1 aromatic heterocycles. The van der Waals surface area contributed by atoms with Crippen LogP contribution >= 0.6 is 22.6 Å². The Morgan fingerprint density at radius 1 is 1.12 bits per heavy atom. The molecule has 0 unspecified atom stereocenters. The van der Waals surface area contributed by atoms with Gasteiger partial charge in [0.15, 0.2) is 0 Å². The predicted octanol–water partition coefficient (Wildman–Crippen LogP) is 4.45. The summed E-state index contributed by atoms with van der Waals surface area (Å²) >= 11 is 2.33. The van der Waals surface area contributed by atoms with Crippen molar-refractivity contribution in [3.63, 3.8) is 0 Å². The van der Waals surface area contributed by atoms with Crippen LogP contribution in [-0.4, -0.2) is 4.98 Å². The molecule has 16 heavy (non-hydrogen) atoms. The van der Waals surface area contributed by atoms with E-state index in [1.807, 2.05) is 0 Å². The molecule has 2 heteroatoms. The summed E-state index contributed by atoms with van der Waals surface area (Å²) in [5, 5.41) is 1.26. The van der Waals surface area contributed by atoms with Crippen LogP contribution in [0.5, 0.6) is 0 Å². The predicted molar refractivity (Wildman–Crippen MR) is 77.9 cm³/mol. The van der Waals surface area contributed by atoms with Crippen molar-refractivity contribution >= 4 is 33.5 Å². The topological polar surface area (TPSA) is 12.9 Å². The number of benzene rings is 1. The molecule has 0 spiro atoms. The minimum atomic E-state index is 0.111. The monoisotopic (exact) mass is 325 g/mol. The lowest BCUT2D eigenvalue weighted by atomic mass is 9.90. The normalized spacial score (nSPS) is 12.1. The molecule has 1 nitrogen and oxygen atoms in total. The maximum absolute atomic E-state index is 4.76. The fraction of sp³-hybridized carbons (Fsp3) is 0.357. The van der Waals surface area contributed by atoms with E-state index < -0.39 is 0 Å². The van der Waals surface area contributed by atoms with E-state index in [2.05, 4.69) is 74.6 Å². The number of hydrogen-bond donors (Lipinski definition) is 0. The number of aryl methyl sites for hydroxylation is 1. The summed E-state index contributed by atoms with van der Waals surface area (Å²) in [5.74, 6) is 0. The van der Waals surface area contributed by atoms with E-state index in [0.717, 1.165) is 5.52 Å². The molecule has 1 heterocycles. The highest BCUT2D eigenvalue weighted by Gasteiger charge is 2.16. The fourth-order valence-corrected chi connectivity index (χ4v) is 2.23. The molecule has 0 atom stereocenters. The smallest absolute Gasteiger partial charge is 0.0718 e. The average Bonchev–Trinajstić information content (AvgIpc) is 2.15. The Morgan fingerprint density at radius 3 is 2.44 bits per heavy atom. The first-order chi connectivity index (χ1) is 7.38. The standard InChI is InChI=1S/C14H16IN/c1-9-7-13(14(2,3)4)16-12-8-10(15)5-6-11(9)12/h5-8H,1-4H3. The first-order valence-electron chi connectivity index (χ1n) is 5.45. The lowest BCUT2D eigenvalue weighted by Gasteiger charge is -2.19. The molecule has 0 aliphatic rings. The molecule has 1 aromatic carbocycles. The second-order valence-electron chi connectivity index (χ2n) is 5.24. The summed E-state index contributed by atoms with van der Waals surface area (Å²) in [6.07, 6.45) is 0. The van der Waals surface area contributed by atoms with Crippen molar-refractivity contribution in [2.45, 2.75) is 33.1 Å². The summed E-state index contributed by atoms with van der Waals surface area (Å²) in [7, 11) is 0. The summed E-state index contributed by atoms with van der Waals surface area (Å²) < 4.78 is 1.24. The van der Waals surface area contributed by atoms with E-state index in [1.165, 1.54) is 20.2 Å². The molecule has 0 radical (unpaired) electrons. The molecule has 2 aromatic rings. The Balaban J connectivity index is 2.75. The maximum Gasteiger partial charge on any atom is 0.0718 e. The lowest BCUT2D eigenvalue weighted by molar-refractivity contribution is 0.571. The largest absolute Gasteiger partial charge is 0.252 e. The highest BCUT2D eigenvalue weighted by atomic mass is 127. The highest BCUT2D eigenvalue weighted by Crippen LogP contribution is 2.26. The number of rotatable bonds is 0. The molecule has 0 aliphatic heterocycles. The van der Waals surface area contributed by atoms with Crippen molar-refractivity contribution in [3.05, 3.63) is 39.1 Å². The fourth-order valence-electron chi connectivity index (χ4n) is 1.76. The van der Waals surface area contributed by atoms with Crippen molar-refractivity contribution in [3.8, 4) is 0 Å². The summed E-state index contributed by atoms with van der Waals surface area (Å²) in [6, 6.07) is 8.65. The van der Waals surface area contributed by atoms with Gasteiger partial charge in [0.2, 0.25) is 0 Å². The molecule has 0 amide bonds. The number of halogens is 1. The van der Waals surface area contributed by atoms with Gasteiger partial charge in [-0.15, -0.1) is 0 Å². The van der Waals surface area contributed by atoms with Crippen LogP contribution in [0.1, 0.15) is 32.0 Å². The zero-order valence-corrected chi connectivity index (χ0v) is 12.3.